The van der Waals surface area contributed by atoms with Crippen LogP contribution in [0.15, 0.2) is 18.8 Å². The van der Waals surface area contributed by atoms with E-state index >= 15 is 0 Å². The van der Waals surface area contributed by atoms with Gasteiger partial charge in [0.05, 0.1) is 18.2 Å². The first-order valence-corrected chi connectivity index (χ1v) is 2.76. The van der Waals surface area contributed by atoms with E-state index in [1.165, 1.54) is 0 Å². The number of rotatable bonds is 0. The highest BCUT2D eigenvalue weighted by molar-refractivity contribution is 5.25. The minimum atomic E-state index is 0.635. The molecule has 1 aromatic heterocycles. The molecule has 9 heavy (non-hydrogen) atoms. The summed E-state index contributed by atoms with van der Waals surface area (Å²) >= 11 is 0. The Morgan fingerprint density at radius 2 is 2.67 bits per heavy atom. The molecule has 1 aliphatic rings. The quantitative estimate of drug-likeness (QED) is 0.510. The zero-order valence-electron chi connectivity index (χ0n) is 4.82. The van der Waals surface area contributed by atoms with Crippen LogP contribution in [0.4, 0.5) is 0 Å². The lowest BCUT2D eigenvalue weighted by atomic mass is 10.5. The molecule has 1 aliphatic heterocycles. The third-order valence-electron chi connectivity index (χ3n) is 1.30. The first-order valence-electron chi connectivity index (χ1n) is 2.76. The summed E-state index contributed by atoms with van der Waals surface area (Å²) in [7, 11) is 0. The van der Waals surface area contributed by atoms with E-state index < -0.39 is 0 Å². The number of fused-ring (bicyclic) bond motifs is 1. The summed E-state index contributed by atoms with van der Waals surface area (Å²) in [6, 6.07) is 0. The maximum absolute atomic E-state index is 5.01. The van der Waals surface area contributed by atoms with E-state index in [2.05, 4.69) is 4.98 Å². The molecule has 0 atom stereocenters. The molecule has 0 bridgehead atoms. The molecule has 0 saturated carbocycles. The van der Waals surface area contributed by atoms with Crippen LogP contribution < -0.4 is 0 Å². The summed E-state index contributed by atoms with van der Waals surface area (Å²) in [6.45, 7) is 0.635. The van der Waals surface area contributed by atoms with Gasteiger partial charge in [-0.2, -0.15) is 0 Å². The molecule has 0 fully saturated rings. The van der Waals surface area contributed by atoms with Crippen LogP contribution >= 0.6 is 0 Å². The van der Waals surface area contributed by atoms with Crippen molar-refractivity contribution in [3.8, 4) is 0 Å². The first kappa shape index (κ1) is 4.61. The second-order valence-electron chi connectivity index (χ2n) is 1.89. The molecular weight excluding hydrogens is 116 g/mol. The largest absolute Gasteiger partial charge is 0.493 e. The van der Waals surface area contributed by atoms with Crippen molar-refractivity contribution in [2.45, 2.75) is 6.61 Å². The lowest BCUT2D eigenvalue weighted by Crippen LogP contribution is -1.99. The van der Waals surface area contributed by atoms with Crippen molar-refractivity contribution in [2.24, 2.45) is 0 Å². The zero-order valence-corrected chi connectivity index (χ0v) is 4.82. The van der Waals surface area contributed by atoms with Crippen molar-refractivity contribution in [3.63, 3.8) is 0 Å². The Hall–Kier alpha value is -1.25. The molecule has 0 radical (unpaired) electrons. The molecule has 0 spiro atoms. The number of aromatic nitrogens is 2. The number of nitrogens with zero attached hydrogens (tertiary/aromatic N) is 2. The van der Waals surface area contributed by atoms with Crippen molar-refractivity contribution >= 4 is 6.20 Å². The van der Waals surface area contributed by atoms with Gasteiger partial charge in [0.1, 0.15) is 12.9 Å². The molecular formula is C6H6N2O. The number of hydrogen-bond donors (Lipinski definition) is 0. The van der Waals surface area contributed by atoms with E-state index in [-0.39, 0.29) is 0 Å². The van der Waals surface area contributed by atoms with Crippen LogP contribution in [0.25, 0.3) is 6.20 Å². The van der Waals surface area contributed by atoms with Gasteiger partial charge >= 0.3 is 0 Å². The predicted molar refractivity (Wildman–Crippen MR) is 32.3 cm³/mol. The molecule has 3 heteroatoms. The molecule has 0 N–H and O–H groups in total. The highest BCUT2D eigenvalue weighted by Crippen LogP contribution is 2.06. The normalized spacial score (nSPS) is 14.7. The second-order valence-corrected chi connectivity index (χ2v) is 1.89. The number of hydrogen-bond acceptors (Lipinski definition) is 2. The molecule has 0 amide bonds. The average molecular weight is 122 g/mol. The van der Waals surface area contributed by atoms with E-state index in [0.717, 1.165) is 5.69 Å². The molecule has 1 aromatic rings. The second kappa shape index (κ2) is 1.62. The fourth-order valence-corrected chi connectivity index (χ4v) is 0.820. The number of imidazole rings is 1. The highest BCUT2D eigenvalue weighted by Gasteiger charge is 2.01. The van der Waals surface area contributed by atoms with Gasteiger partial charge in [-0.3, -0.25) is 0 Å². The van der Waals surface area contributed by atoms with Crippen molar-refractivity contribution < 1.29 is 4.74 Å². The molecule has 0 aliphatic carbocycles. The summed E-state index contributed by atoms with van der Waals surface area (Å²) < 4.78 is 6.95. The standard InChI is InChI=1S/C6H6N2O/c1-2-9-4-6-3-7-5-8(1)6/h1-3,5H,4H2. The van der Waals surface area contributed by atoms with Gasteiger partial charge in [0, 0.05) is 6.20 Å². The van der Waals surface area contributed by atoms with Gasteiger partial charge in [0.2, 0.25) is 0 Å². The Morgan fingerprint density at radius 1 is 1.67 bits per heavy atom. The fourth-order valence-electron chi connectivity index (χ4n) is 0.820. The van der Waals surface area contributed by atoms with Crippen LogP contribution in [-0.2, 0) is 11.3 Å². The topological polar surface area (TPSA) is 27.1 Å². The minimum Gasteiger partial charge on any atom is -0.493 e. The summed E-state index contributed by atoms with van der Waals surface area (Å²) in [5.74, 6) is 0. The fraction of sp³-hybridized carbons (Fsp3) is 0.167. The van der Waals surface area contributed by atoms with E-state index in [9.17, 15) is 0 Å². The first-order chi connectivity index (χ1) is 4.47. The molecule has 3 nitrogen and oxygen atoms in total. The van der Waals surface area contributed by atoms with Crippen molar-refractivity contribution in [2.75, 3.05) is 0 Å². The molecule has 2 rings (SSSR count). The molecule has 0 unspecified atom stereocenters. The summed E-state index contributed by atoms with van der Waals surface area (Å²) in [4.78, 5) is 3.94. The van der Waals surface area contributed by atoms with Crippen molar-refractivity contribution in [3.05, 3.63) is 24.5 Å². The molecule has 46 valence electrons. The Kier molecular flexibility index (Phi) is 0.828. The van der Waals surface area contributed by atoms with E-state index in [1.807, 2.05) is 10.8 Å². The average Bonchev–Trinajstić information content (AvgIpc) is 2.33. The van der Waals surface area contributed by atoms with Crippen LogP contribution in [0.5, 0.6) is 0 Å². The summed E-state index contributed by atoms with van der Waals surface area (Å²) in [5.41, 5.74) is 1.09. The molecule has 0 saturated heterocycles. The van der Waals surface area contributed by atoms with Gasteiger partial charge in [0.25, 0.3) is 0 Å². The van der Waals surface area contributed by atoms with E-state index in [4.69, 9.17) is 4.74 Å². The minimum absolute atomic E-state index is 0.635. The van der Waals surface area contributed by atoms with Crippen LogP contribution in [-0.4, -0.2) is 9.55 Å². The Balaban J connectivity index is 2.53. The smallest absolute Gasteiger partial charge is 0.129 e. The zero-order chi connectivity index (χ0) is 6.10. The number of ether oxygens (including phenoxy) is 1. The van der Waals surface area contributed by atoms with Crippen LogP contribution in [0.1, 0.15) is 5.69 Å². The van der Waals surface area contributed by atoms with Crippen LogP contribution in [0, 0.1) is 0 Å². The summed E-state index contributed by atoms with van der Waals surface area (Å²) in [5, 5.41) is 0. The third-order valence-corrected chi connectivity index (χ3v) is 1.30. The van der Waals surface area contributed by atoms with Crippen LogP contribution in [0.3, 0.4) is 0 Å². The third kappa shape index (κ3) is 0.614. The molecule has 2 heterocycles. The lowest BCUT2D eigenvalue weighted by molar-refractivity contribution is 0.224. The van der Waals surface area contributed by atoms with Gasteiger partial charge in [0.15, 0.2) is 0 Å². The Labute approximate surface area is 52.6 Å². The Bertz CT molecular complexity index is 239. The monoisotopic (exact) mass is 122 g/mol. The summed E-state index contributed by atoms with van der Waals surface area (Å²) in [6.07, 6.45) is 7.05. The lowest BCUT2D eigenvalue weighted by Gasteiger charge is -2.07. The van der Waals surface area contributed by atoms with Crippen molar-refractivity contribution in [1.29, 1.82) is 0 Å². The van der Waals surface area contributed by atoms with Gasteiger partial charge < -0.3 is 9.30 Å². The van der Waals surface area contributed by atoms with Crippen LogP contribution in [0.2, 0.25) is 0 Å². The SMILES string of the molecule is C1=Cn2cncc2CO1. The highest BCUT2D eigenvalue weighted by atomic mass is 16.5. The predicted octanol–water partition coefficient (Wildman–Crippen LogP) is 0.841. The van der Waals surface area contributed by atoms with E-state index in [1.54, 1.807) is 18.8 Å². The van der Waals surface area contributed by atoms with Gasteiger partial charge in [-0.05, 0) is 0 Å². The Morgan fingerprint density at radius 3 is 3.56 bits per heavy atom. The van der Waals surface area contributed by atoms with Gasteiger partial charge in [-0.1, -0.05) is 0 Å². The molecule has 0 aromatic carbocycles. The van der Waals surface area contributed by atoms with Crippen molar-refractivity contribution in [1.82, 2.24) is 9.55 Å². The maximum atomic E-state index is 5.01. The van der Waals surface area contributed by atoms with E-state index in [0.29, 0.717) is 6.61 Å². The van der Waals surface area contributed by atoms with Gasteiger partial charge in [-0.25, -0.2) is 4.98 Å². The maximum Gasteiger partial charge on any atom is 0.129 e. The van der Waals surface area contributed by atoms with Gasteiger partial charge in [-0.15, -0.1) is 0 Å².